The van der Waals surface area contributed by atoms with Gasteiger partial charge in [0.2, 0.25) is 5.91 Å². The van der Waals surface area contributed by atoms with Gasteiger partial charge in [0.15, 0.2) is 0 Å². The van der Waals surface area contributed by atoms with Gasteiger partial charge >= 0.3 is 0 Å². The first-order valence-corrected chi connectivity index (χ1v) is 8.23. The Kier molecular flexibility index (Phi) is 3.85. The van der Waals surface area contributed by atoms with Crippen molar-refractivity contribution in [1.29, 1.82) is 0 Å². The number of carbonyl (C=O) groups excluding carboxylic acids is 1. The highest BCUT2D eigenvalue weighted by Crippen LogP contribution is 2.25. The van der Waals surface area contributed by atoms with Crippen LogP contribution >= 0.6 is 0 Å². The third kappa shape index (κ3) is 2.87. The predicted octanol–water partition coefficient (Wildman–Crippen LogP) is 2.18. The van der Waals surface area contributed by atoms with Gasteiger partial charge in [0, 0.05) is 19.1 Å². The Morgan fingerprint density at radius 1 is 0.957 bits per heavy atom. The summed E-state index contributed by atoms with van der Waals surface area (Å²) < 4.78 is 0. The van der Waals surface area contributed by atoms with Crippen LogP contribution in [0.3, 0.4) is 0 Å². The van der Waals surface area contributed by atoms with Crippen molar-refractivity contribution in [3.63, 3.8) is 0 Å². The number of fused-ring (bicyclic) bond motifs is 1. The Morgan fingerprint density at radius 2 is 1.70 bits per heavy atom. The minimum Gasteiger partial charge on any atom is -0.337 e. The van der Waals surface area contributed by atoms with Crippen LogP contribution in [0.25, 0.3) is 0 Å². The van der Waals surface area contributed by atoms with Gasteiger partial charge in [0.05, 0.1) is 0 Å². The molecule has 4 heteroatoms. The molecule has 4 rings (SSSR count). The minimum absolute atomic E-state index is 0.148. The zero-order valence-electron chi connectivity index (χ0n) is 13.0. The Labute approximate surface area is 136 Å². The number of nitrogens with one attached hydrogen (secondary N) is 2. The van der Waals surface area contributed by atoms with Gasteiger partial charge in [-0.3, -0.25) is 4.79 Å². The van der Waals surface area contributed by atoms with Crippen LogP contribution in [0, 0.1) is 0 Å². The quantitative estimate of drug-likeness (QED) is 0.894. The smallest absolute Gasteiger partial charge is 0.241 e. The van der Waals surface area contributed by atoms with Crippen LogP contribution in [-0.2, 0) is 17.8 Å². The molecule has 23 heavy (non-hydrogen) atoms. The summed E-state index contributed by atoms with van der Waals surface area (Å²) in [5, 5.41) is 0. The van der Waals surface area contributed by atoms with E-state index in [1.165, 1.54) is 16.7 Å². The molecule has 0 radical (unpaired) electrons. The van der Waals surface area contributed by atoms with E-state index in [-0.39, 0.29) is 18.0 Å². The van der Waals surface area contributed by atoms with Gasteiger partial charge in [-0.15, -0.1) is 0 Å². The van der Waals surface area contributed by atoms with Crippen LogP contribution in [0.2, 0.25) is 0 Å². The molecule has 1 fully saturated rings. The molecule has 2 N–H and O–H groups in total. The molecule has 2 aromatic carbocycles. The summed E-state index contributed by atoms with van der Waals surface area (Å²) in [7, 11) is 0. The Morgan fingerprint density at radius 3 is 2.52 bits per heavy atom. The molecule has 2 aliphatic rings. The highest BCUT2D eigenvalue weighted by atomic mass is 16.2. The molecule has 2 heterocycles. The lowest BCUT2D eigenvalue weighted by atomic mass is 9.98. The van der Waals surface area contributed by atoms with Crippen molar-refractivity contribution >= 4 is 5.91 Å². The van der Waals surface area contributed by atoms with E-state index in [4.69, 9.17) is 0 Å². The van der Waals surface area contributed by atoms with Crippen LogP contribution in [-0.4, -0.2) is 23.4 Å². The Hall–Kier alpha value is -2.17. The van der Waals surface area contributed by atoms with Gasteiger partial charge in [-0.05, 0) is 29.5 Å². The lowest BCUT2D eigenvalue weighted by Gasteiger charge is -2.30. The fourth-order valence-corrected chi connectivity index (χ4v) is 3.53. The van der Waals surface area contributed by atoms with Crippen molar-refractivity contribution in [2.75, 3.05) is 6.54 Å². The molecule has 1 amide bonds. The second kappa shape index (κ2) is 6.14. The molecule has 4 nitrogen and oxygen atoms in total. The van der Waals surface area contributed by atoms with E-state index >= 15 is 0 Å². The van der Waals surface area contributed by atoms with Crippen LogP contribution in [0.5, 0.6) is 0 Å². The third-order valence-electron chi connectivity index (χ3n) is 4.85. The first-order valence-electron chi connectivity index (χ1n) is 8.23. The summed E-state index contributed by atoms with van der Waals surface area (Å²) in [4.78, 5) is 14.8. The van der Waals surface area contributed by atoms with Crippen LogP contribution in [0.15, 0.2) is 54.6 Å². The van der Waals surface area contributed by atoms with Crippen molar-refractivity contribution in [3.8, 4) is 0 Å². The van der Waals surface area contributed by atoms with Gasteiger partial charge in [-0.25, -0.2) is 10.9 Å². The van der Waals surface area contributed by atoms with Crippen molar-refractivity contribution in [3.05, 3.63) is 71.3 Å². The van der Waals surface area contributed by atoms with E-state index in [2.05, 4.69) is 41.2 Å². The van der Waals surface area contributed by atoms with Crippen LogP contribution < -0.4 is 10.9 Å². The molecule has 0 bridgehead atoms. The number of amides is 1. The number of rotatable bonds is 2. The molecule has 0 saturated carbocycles. The lowest BCUT2D eigenvalue weighted by molar-refractivity contribution is -0.134. The summed E-state index contributed by atoms with van der Waals surface area (Å²) >= 11 is 0. The van der Waals surface area contributed by atoms with Gasteiger partial charge in [-0.1, -0.05) is 54.6 Å². The second-order valence-corrected chi connectivity index (χ2v) is 6.32. The topological polar surface area (TPSA) is 44.4 Å². The normalized spacial score (nSPS) is 23.6. The van der Waals surface area contributed by atoms with E-state index in [9.17, 15) is 4.79 Å². The van der Waals surface area contributed by atoms with Gasteiger partial charge in [0.1, 0.15) is 6.04 Å². The van der Waals surface area contributed by atoms with E-state index in [1.54, 1.807) is 0 Å². The average Bonchev–Trinajstić information content (AvgIpc) is 3.11. The van der Waals surface area contributed by atoms with Crippen molar-refractivity contribution in [1.82, 2.24) is 15.8 Å². The van der Waals surface area contributed by atoms with Crippen LogP contribution in [0.4, 0.5) is 0 Å². The van der Waals surface area contributed by atoms with Crippen LogP contribution in [0.1, 0.15) is 29.2 Å². The molecule has 118 valence electrons. The summed E-state index contributed by atoms with van der Waals surface area (Å²) in [6, 6.07) is 18.7. The highest BCUT2D eigenvalue weighted by Gasteiger charge is 2.33. The summed E-state index contributed by atoms with van der Waals surface area (Å²) in [6.45, 7) is 1.53. The van der Waals surface area contributed by atoms with E-state index in [1.807, 2.05) is 29.2 Å². The van der Waals surface area contributed by atoms with Crippen molar-refractivity contribution < 1.29 is 4.79 Å². The van der Waals surface area contributed by atoms with E-state index in [0.717, 1.165) is 25.9 Å². The number of hydrazine groups is 1. The maximum Gasteiger partial charge on any atom is 0.241 e. The van der Waals surface area contributed by atoms with E-state index < -0.39 is 0 Å². The number of hydrogen-bond acceptors (Lipinski definition) is 3. The molecule has 0 spiro atoms. The number of carbonyl (C=O) groups is 1. The first kappa shape index (κ1) is 14.4. The second-order valence-electron chi connectivity index (χ2n) is 6.32. The molecule has 1 saturated heterocycles. The first-order chi connectivity index (χ1) is 11.3. The number of hydrogen-bond donors (Lipinski definition) is 2. The number of nitrogens with zero attached hydrogens (tertiary/aromatic N) is 1. The monoisotopic (exact) mass is 307 g/mol. The molecule has 2 atom stereocenters. The summed E-state index contributed by atoms with van der Waals surface area (Å²) in [5.74, 6) is 0.199. The summed E-state index contributed by atoms with van der Waals surface area (Å²) in [5.41, 5.74) is 10.3. The largest absolute Gasteiger partial charge is 0.337 e. The molecule has 0 aromatic heterocycles. The van der Waals surface area contributed by atoms with E-state index in [0.29, 0.717) is 0 Å². The SMILES string of the molecule is O=C(C1CC(c2ccccc2)NN1)N1CCc2ccccc2C1. The zero-order valence-corrected chi connectivity index (χ0v) is 13.0. The molecule has 2 aromatic rings. The molecular weight excluding hydrogens is 286 g/mol. The fraction of sp³-hybridized carbons (Fsp3) is 0.316. The fourth-order valence-electron chi connectivity index (χ4n) is 3.53. The van der Waals surface area contributed by atoms with Gasteiger partial charge in [0.25, 0.3) is 0 Å². The third-order valence-corrected chi connectivity index (χ3v) is 4.85. The standard InChI is InChI=1S/C19H21N3O/c23-19(22-11-10-14-6-4-5-9-16(14)13-22)18-12-17(20-21-18)15-7-2-1-3-8-15/h1-9,17-18,20-21H,10-13H2. The average molecular weight is 307 g/mol. The Bertz CT molecular complexity index is 701. The molecule has 0 aliphatic carbocycles. The predicted molar refractivity (Wildman–Crippen MR) is 89.4 cm³/mol. The molecular formula is C19H21N3O. The van der Waals surface area contributed by atoms with Crippen molar-refractivity contribution in [2.24, 2.45) is 0 Å². The number of benzene rings is 2. The summed E-state index contributed by atoms with van der Waals surface area (Å²) in [6.07, 6.45) is 1.74. The molecule has 2 aliphatic heterocycles. The van der Waals surface area contributed by atoms with Crippen molar-refractivity contribution in [2.45, 2.75) is 31.5 Å². The van der Waals surface area contributed by atoms with Gasteiger partial charge in [-0.2, -0.15) is 0 Å². The maximum atomic E-state index is 12.8. The zero-order chi connectivity index (χ0) is 15.6. The van der Waals surface area contributed by atoms with Gasteiger partial charge < -0.3 is 4.90 Å². The Balaban J connectivity index is 1.43. The highest BCUT2D eigenvalue weighted by molar-refractivity contribution is 5.82. The molecule has 2 unspecified atom stereocenters. The minimum atomic E-state index is -0.148. The lowest BCUT2D eigenvalue weighted by Crippen LogP contribution is -2.47. The maximum absolute atomic E-state index is 12.8.